The van der Waals surface area contributed by atoms with E-state index in [1.807, 2.05) is 24.5 Å². The third-order valence-electron chi connectivity index (χ3n) is 4.41. The highest BCUT2D eigenvalue weighted by Gasteiger charge is 2.25. The number of benzene rings is 1. The maximum atomic E-state index is 11.4. The van der Waals surface area contributed by atoms with Gasteiger partial charge in [0.2, 0.25) is 5.50 Å². The number of imidazole rings is 1. The molecule has 2 heterocycles. The molecule has 140 valence electrons. The average Bonchev–Trinajstić information content (AvgIpc) is 3.18. The van der Waals surface area contributed by atoms with Gasteiger partial charge in [-0.2, -0.15) is 0 Å². The topological polar surface area (TPSA) is 88.5 Å². The molecule has 0 saturated heterocycles. The number of rotatable bonds is 6. The van der Waals surface area contributed by atoms with Gasteiger partial charge in [0.15, 0.2) is 11.6 Å². The molecular weight excluding hydrogens is 443 g/mol. The molecule has 0 radical (unpaired) electrons. The molecule has 0 fully saturated rings. The van der Waals surface area contributed by atoms with Crippen LogP contribution >= 0.6 is 35.1 Å². The average molecular weight is 462 g/mol. The molecule has 0 spiro atoms. The van der Waals surface area contributed by atoms with Crippen LogP contribution in [-0.4, -0.2) is 24.7 Å². The quantitative estimate of drug-likeness (QED) is 0.319. The molecule has 0 saturated carbocycles. The number of alkyl halides is 1. The molecule has 0 aliphatic heterocycles. The van der Waals surface area contributed by atoms with Gasteiger partial charge in [-0.3, -0.25) is 4.57 Å². The first-order chi connectivity index (χ1) is 12.2. The summed E-state index contributed by atoms with van der Waals surface area (Å²) in [4.78, 5) is 23.3. The van der Waals surface area contributed by atoms with Crippen molar-refractivity contribution < 1.29 is 18.8 Å². The predicted octanol–water partition coefficient (Wildman–Crippen LogP) is 4.54. The molecule has 0 atom stereocenters. The number of nitrogens with zero attached hydrogens (tertiary/aromatic N) is 2. The van der Waals surface area contributed by atoms with Crippen LogP contribution in [0, 0.1) is 13.8 Å². The van der Waals surface area contributed by atoms with Crippen LogP contribution < -0.4 is 5.50 Å². The highest BCUT2D eigenvalue weighted by atomic mass is 79.9. The van der Waals surface area contributed by atoms with Crippen molar-refractivity contribution in [3.05, 3.63) is 34.3 Å². The molecule has 0 aliphatic carbocycles. The molecule has 2 aromatic heterocycles. The SMILES string of the molecule is Cc1c(Cl)cc2c(nc(-c3ccc(P(=O)(O)O)o3)n2CCCCBr)c1C. The van der Waals surface area contributed by atoms with Gasteiger partial charge < -0.3 is 18.8 Å². The number of unbranched alkanes of at least 4 members (excludes halogenated alkanes) is 1. The smallest absolute Gasteiger partial charge is 0.391 e. The predicted molar refractivity (Wildman–Crippen MR) is 107 cm³/mol. The Balaban J connectivity index is 2.20. The molecule has 1 aromatic carbocycles. The molecular formula is C17H19BrClN2O4P. The van der Waals surface area contributed by atoms with Gasteiger partial charge in [-0.1, -0.05) is 27.5 Å². The van der Waals surface area contributed by atoms with Crippen LogP contribution in [0.2, 0.25) is 5.02 Å². The van der Waals surface area contributed by atoms with Crippen molar-refractivity contribution in [2.24, 2.45) is 0 Å². The molecule has 0 unspecified atom stereocenters. The number of fused-ring (bicyclic) bond motifs is 1. The number of aromatic nitrogens is 2. The van der Waals surface area contributed by atoms with E-state index in [4.69, 9.17) is 21.0 Å². The molecule has 26 heavy (non-hydrogen) atoms. The summed E-state index contributed by atoms with van der Waals surface area (Å²) < 4.78 is 18.9. The van der Waals surface area contributed by atoms with Gasteiger partial charge in [0, 0.05) is 16.9 Å². The van der Waals surface area contributed by atoms with Crippen molar-refractivity contribution in [2.75, 3.05) is 5.33 Å². The molecule has 0 amide bonds. The number of furan rings is 1. The van der Waals surface area contributed by atoms with E-state index in [9.17, 15) is 14.4 Å². The molecule has 0 bridgehead atoms. The summed E-state index contributed by atoms with van der Waals surface area (Å²) in [6.07, 6.45) is 1.91. The highest BCUT2D eigenvalue weighted by Crippen LogP contribution is 2.37. The van der Waals surface area contributed by atoms with Crippen molar-refractivity contribution in [2.45, 2.75) is 33.2 Å². The fourth-order valence-electron chi connectivity index (χ4n) is 2.86. The highest BCUT2D eigenvalue weighted by molar-refractivity contribution is 9.09. The summed E-state index contributed by atoms with van der Waals surface area (Å²) in [5.74, 6) is 0.866. The van der Waals surface area contributed by atoms with Gasteiger partial charge >= 0.3 is 7.60 Å². The van der Waals surface area contributed by atoms with E-state index in [0.29, 0.717) is 23.2 Å². The molecule has 6 nitrogen and oxygen atoms in total. The molecule has 9 heteroatoms. The molecule has 3 rings (SSSR count). The Morgan fingerprint density at radius 3 is 2.62 bits per heavy atom. The van der Waals surface area contributed by atoms with Crippen LogP contribution in [0.4, 0.5) is 0 Å². The summed E-state index contributed by atoms with van der Waals surface area (Å²) in [7, 11) is -4.45. The summed E-state index contributed by atoms with van der Waals surface area (Å²) in [6, 6.07) is 4.72. The minimum absolute atomic E-state index is 0.326. The van der Waals surface area contributed by atoms with E-state index in [1.165, 1.54) is 6.07 Å². The fourth-order valence-corrected chi connectivity index (χ4v) is 3.98. The third-order valence-corrected chi connectivity index (χ3v) is 6.18. The first-order valence-corrected chi connectivity index (χ1v) is 11.2. The van der Waals surface area contributed by atoms with Crippen molar-refractivity contribution >= 4 is 51.7 Å². The minimum Gasteiger partial charge on any atom is -0.445 e. The Kier molecular flexibility index (Phi) is 5.66. The molecule has 3 aromatic rings. The van der Waals surface area contributed by atoms with Crippen molar-refractivity contribution in [3.8, 4) is 11.6 Å². The second-order valence-corrected chi connectivity index (χ2v) is 8.87. The van der Waals surface area contributed by atoms with Gasteiger partial charge in [0.1, 0.15) is 0 Å². The number of aryl methyl sites for hydroxylation is 2. The van der Waals surface area contributed by atoms with Gasteiger partial charge in [-0.25, -0.2) is 4.98 Å². The van der Waals surface area contributed by atoms with Crippen LogP contribution in [0.1, 0.15) is 24.0 Å². The third kappa shape index (κ3) is 3.64. The summed E-state index contributed by atoms with van der Waals surface area (Å²) in [5.41, 5.74) is 3.28. The monoisotopic (exact) mass is 460 g/mol. The normalized spacial score (nSPS) is 12.2. The molecule has 2 N–H and O–H groups in total. The molecule has 0 aliphatic rings. The van der Waals surface area contributed by atoms with Gasteiger partial charge in [0.05, 0.1) is 11.0 Å². The lowest BCUT2D eigenvalue weighted by Crippen LogP contribution is -2.02. The number of halogens is 2. The minimum atomic E-state index is -4.45. The van der Waals surface area contributed by atoms with E-state index in [-0.39, 0.29) is 5.50 Å². The Morgan fingerprint density at radius 1 is 1.27 bits per heavy atom. The van der Waals surface area contributed by atoms with Crippen LogP contribution in [0.15, 0.2) is 22.6 Å². The van der Waals surface area contributed by atoms with Crippen molar-refractivity contribution in [1.29, 1.82) is 0 Å². The van der Waals surface area contributed by atoms with E-state index < -0.39 is 7.60 Å². The summed E-state index contributed by atoms with van der Waals surface area (Å²) in [5, 5.41) is 1.57. The second kappa shape index (κ2) is 7.49. The fraction of sp³-hybridized carbons (Fsp3) is 0.353. The number of hydrogen-bond donors (Lipinski definition) is 2. The van der Waals surface area contributed by atoms with Gasteiger partial charge in [-0.05, 0) is 56.0 Å². The Morgan fingerprint density at radius 2 is 2.00 bits per heavy atom. The Hall–Kier alpha value is -1.11. The zero-order valence-electron chi connectivity index (χ0n) is 14.4. The zero-order valence-corrected chi connectivity index (χ0v) is 17.6. The van der Waals surface area contributed by atoms with Crippen LogP contribution in [0.5, 0.6) is 0 Å². The first kappa shape index (κ1) is 19.6. The maximum Gasteiger partial charge on any atom is 0.391 e. The first-order valence-electron chi connectivity index (χ1n) is 8.12. The van der Waals surface area contributed by atoms with Crippen molar-refractivity contribution in [1.82, 2.24) is 9.55 Å². The standard InChI is InChI=1S/C17H19BrClN2O4P/c1-10-11(2)16-13(9-12(10)19)21(8-4-3-7-18)17(20-16)14-5-6-15(25-14)26(22,23)24/h5-6,9H,3-4,7-8H2,1-2H3,(H2,22,23,24). The van der Waals surface area contributed by atoms with Crippen LogP contribution in [0.3, 0.4) is 0 Å². The zero-order chi connectivity index (χ0) is 19.1. The lowest BCUT2D eigenvalue weighted by molar-refractivity contribution is 0.377. The van der Waals surface area contributed by atoms with E-state index in [2.05, 4.69) is 15.9 Å². The lowest BCUT2D eigenvalue weighted by atomic mass is 10.1. The largest absolute Gasteiger partial charge is 0.445 e. The van der Waals surface area contributed by atoms with Crippen LogP contribution in [0.25, 0.3) is 22.6 Å². The lowest BCUT2D eigenvalue weighted by Gasteiger charge is -2.09. The van der Waals surface area contributed by atoms with Gasteiger partial charge in [0.25, 0.3) is 0 Å². The van der Waals surface area contributed by atoms with Gasteiger partial charge in [-0.15, -0.1) is 0 Å². The Bertz CT molecular complexity index is 1010. The second-order valence-electron chi connectivity index (χ2n) is 6.14. The Labute approximate surface area is 164 Å². The maximum absolute atomic E-state index is 11.4. The van der Waals surface area contributed by atoms with E-state index in [1.54, 1.807) is 6.07 Å². The number of hydrogen-bond acceptors (Lipinski definition) is 3. The van der Waals surface area contributed by atoms with E-state index >= 15 is 0 Å². The summed E-state index contributed by atoms with van der Waals surface area (Å²) in [6.45, 7) is 4.61. The van der Waals surface area contributed by atoms with Crippen molar-refractivity contribution in [3.63, 3.8) is 0 Å². The van der Waals surface area contributed by atoms with E-state index in [0.717, 1.165) is 40.3 Å². The summed E-state index contributed by atoms with van der Waals surface area (Å²) >= 11 is 9.80. The van der Waals surface area contributed by atoms with Crippen LogP contribution in [-0.2, 0) is 11.1 Å².